The summed E-state index contributed by atoms with van der Waals surface area (Å²) in [5.41, 5.74) is 1.12. The van der Waals surface area contributed by atoms with Crippen LogP contribution < -0.4 is 10.0 Å². The summed E-state index contributed by atoms with van der Waals surface area (Å²) >= 11 is 0. The van der Waals surface area contributed by atoms with Gasteiger partial charge in [-0.15, -0.1) is 0 Å². The summed E-state index contributed by atoms with van der Waals surface area (Å²) in [6.07, 6.45) is 0. The van der Waals surface area contributed by atoms with E-state index in [9.17, 15) is 13.2 Å². The van der Waals surface area contributed by atoms with Crippen molar-refractivity contribution in [3.05, 3.63) is 65.7 Å². The molecule has 0 fully saturated rings. The number of carbonyl (C=O) groups excluding carboxylic acids is 1. The maximum atomic E-state index is 12.5. The lowest BCUT2D eigenvalue weighted by atomic mass is 10.2. The predicted octanol–water partition coefficient (Wildman–Crippen LogP) is 1.56. The van der Waals surface area contributed by atoms with Crippen molar-refractivity contribution in [2.24, 2.45) is 0 Å². The van der Waals surface area contributed by atoms with E-state index in [1.807, 2.05) is 30.3 Å². The van der Waals surface area contributed by atoms with Crippen LogP contribution in [0.2, 0.25) is 0 Å². The van der Waals surface area contributed by atoms with Gasteiger partial charge < -0.3 is 14.8 Å². The van der Waals surface area contributed by atoms with E-state index in [0.717, 1.165) is 5.56 Å². The third-order valence-electron chi connectivity index (χ3n) is 3.68. The second-order valence-corrected chi connectivity index (χ2v) is 7.47. The van der Waals surface area contributed by atoms with Crippen LogP contribution in [0.4, 0.5) is 0 Å². The fourth-order valence-electron chi connectivity index (χ4n) is 2.25. The maximum Gasteiger partial charge on any atom is 0.251 e. The SMILES string of the molecule is COCCOCCNC(=O)c1cccc(S(=O)(=O)NCc2ccccc2)c1. The van der Waals surface area contributed by atoms with Gasteiger partial charge in [0.1, 0.15) is 0 Å². The topological polar surface area (TPSA) is 93.7 Å². The zero-order chi connectivity index (χ0) is 19.5. The first kappa shape index (κ1) is 21.0. The molecule has 0 saturated carbocycles. The van der Waals surface area contributed by atoms with E-state index in [-0.39, 0.29) is 22.9 Å². The van der Waals surface area contributed by atoms with E-state index in [0.29, 0.717) is 26.4 Å². The predicted molar refractivity (Wildman–Crippen MR) is 102 cm³/mol. The molecule has 0 atom stereocenters. The molecule has 27 heavy (non-hydrogen) atoms. The Balaban J connectivity index is 1.92. The van der Waals surface area contributed by atoms with Crippen LogP contribution >= 0.6 is 0 Å². The van der Waals surface area contributed by atoms with Crippen LogP contribution in [0.3, 0.4) is 0 Å². The Hall–Kier alpha value is -2.26. The lowest BCUT2D eigenvalue weighted by molar-refractivity contribution is 0.0692. The minimum atomic E-state index is -3.72. The molecule has 2 rings (SSSR count). The van der Waals surface area contributed by atoms with Gasteiger partial charge in [0.15, 0.2) is 0 Å². The number of benzene rings is 2. The highest BCUT2D eigenvalue weighted by atomic mass is 32.2. The Labute approximate surface area is 159 Å². The van der Waals surface area contributed by atoms with Crippen LogP contribution in [0.15, 0.2) is 59.5 Å². The van der Waals surface area contributed by atoms with Crippen LogP contribution in [0, 0.1) is 0 Å². The molecule has 0 aromatic heterocycles. The Morgan fingerprint density at radius 1 is 1.00 bits per heavy atom. The Morgan fingerprint density at radius 3 is 2.52 bits per heavy atom. The van der Waals surface area contributed by atoms with Gasteiger partial charge in [0.2, 0.25) is 10.0 Å². The van der Waals surface area contributed by atoms with Crippen LogP contribution in [0.5, 0.6) is 0 Å². The van der Waals surface area contributed by atoms with Crippen molar-refractivity contribution in [2.75, 3.05) is 33.5 Å². The van der Waals surface area contributed by atoms with Crippen molar-refractivity contribution >= 4 is 15.9 Å². The number of nitrogens with one attached hydrogen (secondary N) is 2. The van der Waals surface area contributed by atoms with Crippen molar-refractivity contribution in [2.45, 2.75) is 11.4 Å². The molecular formula is C19H24N2O5S. The van der Waals surface area contributed by atoms with Crippen molar-refractivity contribution in [1.29, 1.82) is 0 Å². The summed E-state index contributed by atoms with van der Waals surface area (Å²) in [4.78, 5) is 12.2. The maximum absolute atomic E-state index is 12.5. The van der Waals surface area contributed by atoms with E-state index >= 15 is 0 Å². The second kappa shape index (κ2) is 10.8. The molecule has 1 amide bonds. The molecule has 0 unspecified atom stereocenters. The van der Waals surface area contributed by atoms with Crippen LogP contribution in [-0.4, -0.2) is 47.8 Å². The molecule has 2 aromatic carbocycles. The highest BCUT2D eigenvalue weighted by molar-refractivity contribution is 7.89. The van der Waals surface area contributed by atoms with Crippen molar-refractivity contribution in [3.63, 3.8) is 0 Å². The normalized spacial score (nSPS) is 11.3. The molecule has 0 bridgehead atoms. The van der Waals surface area contributed by atoms with Gasteiger partial charge in [-0.25, -0.2) is 13.1 Å². The molecule has 0 radical (unpaired) electrons. The molecule has 2 aromatic rings. The van der Waals surface area contributed by atoms with E-state index in [1.165, 1.54) is 12.1 Å². The van der Waals surface area contributed by atoms with Gasteiger partial charge in [0.25, 0.3) is 5.91 Å². The van der Waals surface area contributed by atoms with E-state index in [2.05, 4.69) is 10.0 Å². The van der Waals surface area contributed by atoms with E-state index in [4.69, 9.17) is 9.47 Å². The highest BCUT2D eigenvalue weighted by Gasteiger charge is 2.16. The van der Waals surface area contributed by atoms with Gasteiger partial charge in [0.05, 0.1) is 24.7 Å². The average Bonchev–Trinajstić information content (AvgIpc) is 2.70. The van der Waals surface area contributed by atoms with Gasteiger partial charge >= 0.3 is 0 Å². The van der Waals surface area contributed by atoms with Crippen LogP contribution in [-0.2, 0) is 26.0 Å². The molecule has 0 aliphatic rings. The molecule has 0 aliphatic heterocycles. The Morgan fingerprint density at radius 2 is 1.78 bits per heavy atom. The van der Waals surface area contributed by atoms with Gasteiger partial charge in [-0.2, -0.15) is 0 Å². The number of hydrogen-bond donors (Lipinski definition) is 2. The highest BCUT2D eigenvalue weighted by Crippen LogP contribution is 2.12. The summed E-state index contributed by atoms with van der Waals surface area (Å²) in [6.45, 7) is 1.80. The van der Waals surface area contributed by atoms with Crippen molar-refractivity contribution in [1.82, 2.24) is 10.0 Å². The van der Waals surface area contributed by atoms with Gasteiger partial charge in [0, 0.05) is 25.8 Å². The molecule has 146 valence electrons. The molecule has 7 nitrogen and oxygen atoms in total. The molecule has 0 aliphatic carbocycles. The summed E-state index contributed by atoms with van der Waals surface area (Å²) in [5, 5.41) is 2.69. The number of methoxy groups -OCH3 is 1. The number of amides is 1. The number of hydrogen-bond acceptors (Lipinski definition) is 5. The lowest BCUT2D eigenvalue weighted by Crippen LogP contribution is -2.28. The van der Waals surface area contributed by atoms with Gasteiger partial charge in [-0.1, -0.05) is 36.4 Å². The minimum Gasteiger partial charge on any atom is -0.382 e. The standard InChI is InChI=1S/C19H24N2O5S/c1-25-12-13-26-11-10-20-19(22)17-8-5-9-18(14-17)27(23,24)21-15-16-6-3-2-4-7-16/h2-9,14,21H,10-13,15H2,1H3,(H,20,22). The summed E-state index contributed by atoms with van der Waals surface area (Å²) in [6, 6.07) is 15.1. The Bertz CT molecular complexity index is 825. The zero-order valence-corrected chi connectivity index (χ0v) is 16.0. The monoisotopic (exact) mass is 392 g/mol. The van der Waals surface area contributed by atoms with Crippen molar-refractivity contribution in [3.8, 4) is 0 Å². The number of ether oxygens (including phenoxy) is 2. The second-order valence-electron chi connectivity index (χ2n) is 5.70. The number of rotatable bonds is 11. The fraction of sp³-hybridized carbons (Fsp3) is 0.316. The lowest BCUT2D eigenvalue weighted by Gasteiger charge is -2.09. The fourth-order valence-corrected chi connectivity index (χ4v) is 3.31. The minimum absolute atomic E-state index is 0.0439. The summed E-state index contributed by atoms with van der Waals surface area (Å²) < 4.78 is 37.6. The third-order valence-corrected chi connectivity index (χ3v) is 5.08. The molecule has 0 spiro atoms. The quantitative estimate of drug-likeness (QED) is 0.566. The number of sulfonamides is 1. The smallest absolute Gasteiger partial charge is 0.251 e. The largest absolute Gasteiger partial charge is 0.382 e. The van der Waals surface area contributed by atoms with Crippen molar-refractivity contribution < 1.29 is 22.7 Å². The first-order valence-electron chi connectivity index (χ1n) is 8.51. The van der Waals surface area contributed by atoms with E-state index in [1.54, 1.807) is 19.2 Å². The number of carbonyl (C=O) groups is 1. The summed E-state index contributed by atoms with van der Waals surface area (Å²) in [7, 11) is -2.13. The molecule has 2 N–H and O–H groups in total. The molecular weight excluding hydrogens is 368 g/mol. The van der Waals surface area contributed by atoms with Crippen LogP contribution in [0.25, 0.3) is 0 Å². The van der Waals surface area contributed by atoms with E-state index < -0.39 is 10.0 Å². The Kier molecular flexibility index (Phi) is 8.41. The van der Waals surface area contributed by atoms with Gasteiger partial charge in [-0.3, -0.25) is 4.79 Å². The molecule has 0 saturated heterocycles. The zero-order valence-electron chi connectivity index (χ0n) is 15.2. The first-order valence-corrected chi connectivity index (χ1v) is 10.00. The third kappa shape index (κ3) is 7.10. The average molecular weight is 392 g/mol. The van der Waals surface area contributed by atoms with Crippen LogP contribution in [0.1, 0.15) is 15.9 Å². The summed E-state index contributed by atoms with van der Waals surface area (Å²) in [5.74, 6) is -0.356. The van der Waals surface area contributed by atoms with Gasteiger partial charge in [-0.05, 0) is 23.8 Å². The first-order chi connectivity index (χ1) is 13.0. The molecule has 8 heteroatoms. The molecule has 0 heterocycles.